The average Bonchev–Trinajstić information content (AvgIpc) is 2.52. The summed E-state index contributed by atoms with van der Waals surface area (Å²) >= 11 is 6.35. The summed E-state index contributed by atoms with van der Waals surface area (Å²) in [4.78, 5) is 0. The third-order valence-corrected chi connectivity index (χ3v) is 3.95. The van der Waals surface area contributed by atoms with Crippen molar-refractivity contribution in [3.8, 4) is 11.5 Å². The molecule has 0 unspecified atom stereocenters. The summed E-state index contributed by atoms with van der Waals surface area (Å²) < 4.78 is 16.7. The number of benzene rings is 1. The van der Waals surface area contributed by atoms with Gasteiger partial charge < -0.3 is 19.5 Å². The number of methoxy groups -OCH3 is 1. The Bertz CT molecular complexity index is 447. The first kappa shape index (κ1) is 16.4. The van der Waals surface area contributed by atoms with Crippen LogP contribution in [0, 0.1) is 5.92 Å². The Morgan fingerprint density at radius 1 is 1.33 bits per heavy atom. The van der Waals surface area contributed by atoms with Crippen LogP contribution in [0.5, 0.6) is 11.5 Å². The molecule has 0 saturated carbocycles. The summed E-state index contributed by atoms with van der Waals surface area (Å²) in [6.45, 7) is 6.06. The minimum Gasteiger partial charge on any atom is -0.493 e. The highest BCUT2D eigenvalue weighted by Crippen LogP contribution is 2.37. The van der Waals surface area contributed by atoms with Crippen molar-refractivity contribution in [3.63, 3.8) is 0 Å². The smallest absolute Gasteiger partial charge is 0.179 e. The molecular formula is C16H24ClNO3. The van der Waals surface area contributed by atoms with Crippen molar-refractivity contribution in [1.29, 1.82) is 0 Å². The summed E-state index contributed by atoms with van der Waals surface area (Å²) in [5, 5.41) is 3.88. The van der Waals surface area contributed by atoms with Gasteiger partial charge in [-0.15, -0.1) is 0 Å². The zero-order valence-corrected chi connectivity index (χ0v) is 13.5. The molecule has 21 heavy (non-hydrogen) atoms. The molecule has 1 heterocycles. The average molecular weight is 314 g/mol. The summed E-state index contributed by atoms with van der Waals surface area (Å²) in [7, 11) is 1.64. The molecule has 1 saturated heterocycles. The van der Waals surface area contributed by atoms with Crippen LogP contribution in [0.3, 0.4) is 0 Å². The Morgan fingerprint density at radius 2 is 2.10 bits per heavy atom. The van der Waals surface area contributed by atoms with Crippen molar-refractivity contribution in [3.05, 3.63) is 22.7 Å². The van der Waals surface area contributed by atoms with Crippen molar-refractivity contribution in [2.45, 2.75) is 26.3 Å². The van der Waals surface area contributed by atoms with Gasteiger partial charge in [-0.25, -0.2) is 0 Å². The largest absolute Gasteiger partial charge is 0.493 e. The fraction of sp³-hybridized carbons (Fsp3) is 0.625. The van der Waals surface area contributed by atoms with Crippen molar-refractivity contribution >= 4 is 11.6 Å². The second-order valence-electron chi connectivity index (χ2n) is 5.26. The van der Waals surface area contributed by atoms with E-state index >= 15 is 0 Å². The normalized spacial score (nSPS) is 16.0. The maximum atomic E-state index is 6.35. The van der Waals surface area contributed by atoms with E-state index in [0.29, 0.717) is 29.0 Å². The van der Waals surface area contributed by atoms with Crippen LogP contribution < -0.4 is 14.8 Å². The molecule has 0 aliphatic carbocycles. The van der Waals surface area contributed by atoms with Gasteiger partial charge in [0, 0.05) is 19.8 Å². The number of halogens is 1. The molecule has 118 valence electrons. The van der Waals surface area contributed by atoms with E-state index in [-0.39, 0.29) is 0 Å². The van der Waals surface area contributed by atoms with Crippen molar-refractivity contribution in [2.75, 3.05) is 33.5 Å². The van der Waals surface area contributed by atoms with Gasteiger partial charge in [0.15, 0.2) is 11.5 Å². The molecule has 0 bridgehead atoms. The zero-order chi connectivity index (χ0) is 15.1. The summed E-state index contributed by atoms with van der Waals surface area (Å²) in [5.41, 5.74) is 1.09. The van der Waals surface area contributed by atoms with Crippen LogP contribution in [-0.2, 0) is 11.3 Å². The fourth-order valence-electron chi connectivity index (χ4n) is 2.40. The van der Waals surface area contributed by atoms with Crippen LogP contribution in [0.25, 0.3) is 0 Å². The van der Waals surface area contributed by atoms with Crippen molar-refractivity contribution in [2.24, 2.45) is 5.92 Å². The van der Waals surface area contributed by atoms with E-state index in [4.69, 9.17) is 25.8 Å². The predicted molar refractivity (Wildman–Crippen MR) is 84.4 cm³/mol. The minimum absolute atomic E-state index is 0.529. The topological polar surface area (TPSA) is 39.7 Å². The summed E-state index contributed by atoms with van der Waals surface area (Å²) in [5.74, 6) is 1.87. The number of rotatable bonds is 7. The number of ether oxygens (including phenoxy) is 3. The molecule has 2 rings (SSSR count). The molecule has 0 radical (unpaired) electrons. The number of hydrogen-bond acceptors (Lipinski definition) is 4. The van der Waals surface area contributed by atoms with Gasteiger partial charge in [-0.1, -0.05) is 18.5 Å². The van der Waals surface area contributed by atoms with E-state index < -0.39 is 0 Å². The van der Waals surface area contributed by atoms with E-state index in [9.17, 15) is 0 Å². The van der Waals surface area contributed by atoms with Gasteiger partial charge in [-0.3, -0.25) is 0 Å². The highest BCUT2D eigenvalue weighted by atomic mass is 35.5. The third kappa shape index (κ3) is 4.77. The SMILES string of the molecule is CCNCc1cc(Cl)c(OCC2CCOCC2)c(OC)c1. The Kier molecular flexibility index (Phi) is 6.61. The zero-order valence-electron chi connectivity index (χ0n) is 12.8. The lowest BCUT2D eigenvalue weighted by atomic mass is 10.0. The van der Waals surface area contributed by atoms with Gasteiger partial charge in [0.05, 0.1) is 18.7 Å². The third-order valence-electron chi connectivity index (χ3n) is 3.67. The lowest BCUT2D eigenvalue weighted by Gasteiger charge is -2.23. The summed E-state index contributed by atoms with van der Waals surface area (Å²) in [6.07, 6.45) is 2.08. The maximum Gasteiger partial charge on any atom is 0.179 e. The molecule has 1 aliphatic rings. The fourth-order valence-corrected chi connectivity index (χ4v) is 2.69. The molecule has 0 aromatic heterocycles. The maximum absolute atomic E-state index is 6.35. The molecule has 0 spiro atoms. The molecule has 0 atom stereocenters. The Labute approximate surface area is 131 Å². The predicted octanol–water partition coefficient (Wildman–Crippen LogP) is 3.26. The lowest BCUT2D eigenvalue weighted by Crippen LogP contribution is -2.21. The Balaban J connectivity index is 2.03. The van der Waals surface area contributed by atoms with Crippen LogP contribution in [0.4, 0.5) is 0 Å². The Hall–Kier alpha value is -0.970. The number of hydrogen-bond donors (Lipinski definition) is 1. The summed E-state index contributed by atoms with van der Waals surface area (Å²) in [6, 6.07) is 3.92. The van der Waals surface area contributed by atoms with E-state index in [1.165, 1.54) is 0 Å². The Morgan fingerprint density at radius 3 is 2.76 bits per heavy atom. The number of nitrogens with one attached hydrogen (secondary N) is 1. The first-order valence-corrected chi connectivity index (χ1v) is 7.90. The molecule has 4 nitrogen and oxygen atoms in total. The molecular weight excluding hydrogens is 290 g/mol. The molecule has 1 aromatic carbocycles. The molecule has 5 heteroatoms. The lowest BCUT2D eigenvalue weighted by molar-refractivity contribution is 0.0493. The molecule has 1 N–H and O–H groups in total. The van der Waals surface area contributed by atoms with Gasteiger partial charge in [-0.2, -0.15) is 0 Å². The van der Waals surface area contributed by atoms with E-state index in [2.05, 4.69) is 12.2 Å². The monoisotopic (exact) mass is 313 g/mol. The van der Waals surface area contributed by atoms with E-state index in [1.807, 2.05) is 12.1 Å². The second-order valence-corrected chi connectivity index (χ2v) is 5.66. The van der Waals surface area contributed by atoms with Gasteiger partial charge in [0.25, 0.3) is 0 Å². The molecule has 1 aliphatic heterocycles. The van der Waals surface area contributed by atoms with Crippen LogP contribution in [0.1, 0.15) is 25.3 Å². The van der Waals surface area contributed by atoms with Crippen LogP contribution in [0.15, 0.2) is 12.1 Å². The van der Waals surface area contributed by atoms with Gasteiger partial charge in [-0.05, 0) is 43.0 Å². The van der Waals surface area contributed by atoms with Gasteiger partial charge in [0.2, 0.25) is 0 Å². The van der Waals surface area contributed by atoms with Gasteiger partial charge in [0.1, 0.15) is 0 Å². The van der Waals surface area contributed by atoms with E-state index in [1.54, 1.807) is 7.11 Å². The minimum atomic E-state index is 0.529. The van der Waals surface area contributed by atoms with Gasteiger partial charge >= 0.3 is 0 Å². The van der Waals surface area contributed by atoms with Crippen LogP contribution >= 0.6 is 11.6 Å². The highest BCUT2D eigenvalue weighted by Gasteiger charge is 2.17. The highest BCUT2D eigenvalue weighted by molar-refractivity contribution is 6.32. The first-order valence-electron chi connectivity index (χ1n) is 7.52. The first-order chi connectivity index (χ1) is 10.2. The van der Waals surface area contributed by atoms with Crippen LogP contribution in [-0.4, -0.2) is 33.5 Å². The van der Waals surface area contributed by atoms with Crippen molar-refractivity contribution < 1.29 is 14.2 Å². The van der Waals surface area contributed by atoms with Crippen molar-refractivity contribution in [1.82, 2.24) is 5.32 Å². The quantitative estimate of drug-likeness (QED) is 0.838. The molecule has 1 aromatic rings. The molecule has 1 fully saturated rings. The standard InChI is InChI=1S/C16H24ClNO3/c1-3-18-10-13-8-14(17)16(15(9-13)19-2)21-11-12-4-6-20-7-5-12/h8-9,12,18H,3-7,10-11H2,1-2H3. The van der Waals surface area contributed by atoms with E-state index in [0.717, 1.165) is 44.7 Å². The second kappa shape index (κ2) is 8.47. The molecule has 0 amide bonds. The van der Waals surface area contributed by atoms with Crippen LogP contribution in [0.2, 0.25) is 5.02 Å².